The summed E-state index contributed by atoms with van der Waals surface area (Å²) in [5.41, 5.74) is 0.396. The first-order valence-corrected chi connectivity index (χ1v) is 7.93. The average Bonchev–Trinajstić information content (AvgIpc) is 2.46. The molecule has 1 aromatic rings. The standard InChI is InChI=1S/C12H20N4O4S/c1-3-13-10-5-4-6-15-12(10)21(18,19)16-9-11(17)14-7-8-20-2/h4-6,13,16H,3,7-9H2,1-2H3,(H,14,17). The van der Waals surface area contributed by atoms with Gasteiger partial charge >= 0.3 is 0 Å². The summed E-state index contributed by atoms with van der Waals surface area (Å²) in [5.74, 6) is -0.434. The largest absolute Gasteiger partial charge is 0.383 e. The van der Waals surface area contributed by atoms with Gasteiger partial charge in [0.2, 0.25) is 5.91 Å². The van der Waals surface area contributed by atoms with Crippen molar-refractivity contribution >= 4 is 21.6 Å². The van der Waals surface area contributed by atoms with Gasteiger partial charge < -0.3 is 15.4 Å². The van der Waals surface area contributed by atoms with Crippen LogP contribution in [0.1, 0.15) is 6.92 Å². The van der Waals surface area contributed by atoms with Crippen molar-refractivity contribution in [2.24, 2.45) is 0 Å². The lowest BCUT2D eigenvalue weighted by atomic mass is 10.4. The van der Waals surface area contributed by atoms with E-state index in [2.05, 4.69) is 20.3 Å². The van der Waals surface area contributed by atoms with Gasteiger partial charge in [-0.05, 0) is 19.1 Å². The zero-order chi connectivity index (χ0) is 15.7. The lowest BCUT2D eigenvalue weighted by molar-refractivity contribution is -0.120. The summed E-state index contributed by atoms with van der Waals surface area (Å²) in [6.07, 6.45) is 1.38. The molecular formula is C12H20N4O4S. The van der Waals surface area contributed by atoms with Crippen LogP contribution in [0.5, 0.6) is 0 Å². The Hall–Kier alpha value is -1.71. The van der Waals surface area contributed by atoms with Crippen molar-refractivity contribution in [2.75, 3.05) is 38.7 Å². The normalized spacial score (nSPS) is 11.1. The van der Waals surface area contributed by atoms with Crippen LogP contribution in [0.15, 0.2) is 23.4 Å². The number of amides is 1. The van der Waals surface area contributed by atoms with Crippen LogP contribution in [-0.2, 0) is 19.6 Å². The van der Waals surface area contributed by atoms with E-state index in [0.717, 1.165) is 0 Å². The molecule has 0 saturated heterocycles. The lowest BCUT2D eigenvalue weighted by Gasteiger charge is -2.11. The molecule has 1 heterocycles. The molecule has 0 saturated carbocycles. The molecule has 0 atom stereocenters. The molecule has 0 spiro atoms. The molecule has 0 radical (unpaired) electrons. The maximum Gasteiger partial charge on any atom is 0.260 e. The molecule has 0 bridgehead atoms. The maximum absolute atomic E-state index is 12.1. The molecule has 0 aliphatic rings. The zero-order valence-electron chi connectivity index (χ0n) is 12.0. The van der Waals surface area contributed by atoms with Crippen LogP contribution < -0.4 is 15.4 Å². The number of pyridine rings is 1. The molecule has 118 valence electrons. The topological polar surface area (TPSA) is 109 Å². The highest BCUT2D eigenvalue weighted by Gasteiger charge is 2.20. The number of aromatic nitrogens is 1. The van der Waals surface area contributed by atoms with Crippen molar-refractivity contribution in [2.45, 2.75) is 11.9 Å². The van der Waals surface area contributed by atoms with E-state index in [9.17, 15) is 13.2 Å². The van der Waals surface area contributed by atoms with Crippen molar-refractivity contribution in [1.29, 1.82) is 0 Å². The Bertz CT molecular complexity index is 562. The van der Waals surface area contributed by atoms with E-state index in [1.165, 1.54) is 13.3 Å². The van der Waals surface area contributed by atoms with E-state index in [-0.39, 0.29) is 11.6 Å². The molecule has 1 aromatic heterocycles. The first-order chi connectivity index (χ1) is 10.0. The number of methoxy groups -OCH3 is 1. The predicted molar refractivity (Wildman–Crippen MR) is 78.5 cm³/mol. The van der Waals surface area contributed by atoms with Gasteiger partial charge in [0.25, 0.3) is 10.0 Å². The van der Waals surface area contributed by atoms with Gasteiger partial charge in [-0.25, -0.2) is 18.1 Å². The maximum atomic E-state index is 12.1. The molecule has 21 heavy (non-hydrogen) atoms. The zero-order valence-corrected chi connectivity index (χ0v) is 12.9. The Balaban J connectivity index is 2.67. The molecule has 3 N–H and O–H groups in total. The molecule has 0 fully saturated rings. The Morgan fingerprint density at radius 1 is 1.43 bits per heavy atom. The molecule has 8 nitrogen and oxygen atoms in total. The Kier molecular flexibility index (Phi) is 7.06. The fraction of sp³-hybridized carbons (Fsp3) is 0.500. The lowest BCUT2D eigenvalue weighted by Crippen LogP contribution is -2.38. The van der Waals surface area contributed by atoms with Crippen LogP contribution in [0.4, 0.5) is 5.69 Å². The fourth-order valence-corrected chi connectivity index (χ4v) is 2.60. The number of anilines is 1. The second-order valence-electron chi connectivity index (χ2n) is 4.05. The van der Waals surface area contributed by atoms with Gasteiger partial charge in [-0.15, -0.1) is 0 Å². The summed E-state index contributed by atoms with van der Waals surface area (Å²) < 4.78 is 31.3. The second kappa shape index (κ2) is 8.55. The molecule has 9 heteroatoms. The molecular weight excluding hydrogens is 296 g/mol. The predicted octanol–water partition coefficient (Wildman–Crippen LogP) is -0.446. The minimum absolute atomic E-state index is 0.128. The van der Waals surface area contributed by atoms with E-state index in [0.29, 0.717) is 25.4 Å². The highest BCUT2D eigenvalue weighted by Crippen LogP contribution is 2.17. The minimum Gasteiger partial charge on any atom is -0.383 e. The first-order valence-electron chi connectivity index (χ1n) is 6.45. The van der Waals surface area contributed by atoms with Crippen LogP contribution >= 0.6 is 0 Å². The highest BCUT2D eigenvalue weighted by atomic mass is 32.2. The van der Waals surface area contributed by atoms with Gasteiger partial charge in [-0.3, -0.25) is 4.79 Å². The number of nitrogens with one attached hydrogen (secondary N) is 3. The number of carbonyl (C=O) groups excluding carboxylic acids is 1. The summed E-state index contributed by atoms with van der Waals surface area (Å²) in [4.78, 5) is 15.3. The van der Waals surface area contributed by atoms with Crippen LogP contribution in [0.25, 0.3) is 0 Å². The third-order valence-electron chi connectivity index (χ3n) is 2.44. The molecule has 0 aliphatic heterocycles. The quantitative estimate of drug-likeness (QED) is 0.533. The monoisotopic (exact) mass is 316 g/mol. The van der Waals surface area contributed by atoms with E-state index in [1.807, 2.05) is 6.92 Å². The summed E-state index contributed by atoms with van der Waals surface area (Å²) in [7, 11) is -2.34. The van der Waals surface area contributed by atoms with Crippen LogP contribution in [-0.4, -0.2) is 52.7 Å². The number of hydrogen-bond acceptors (Lipinski definition) is 6. The number of carbonyl (C=O) groups is 1. The Morgan fingerprint density at radius 2 is 2.19 bits per heavy atom. The number of sulfonamides is 1. The van der Waals surface area contributed by atoms with Gasteiger partial charge in [0.15, 0.2) is 5.03 Å². The van der Waals surface area contributed by atoms with E-state index >= 15 is 0 Å². The number of ether oxygens (including phenoxy) is 1. The summed E-state index contributed by atoms with van der Waals surface area (Å²) in [6, 6.07) is 3.25. The number of nitrogens with zero attached hydrogens (tertiary/aromatic N) is 1. The van der Waals surface area contributed by atoms with Gasteiger partial charge in [0, 0.05) is 26.4 Å². The average molecular weight is 316 g/mol. The summed E-state index contributed by atoms with van der Waals surface area (Å²) >= 11 is 0. The smallest absolute Gasteiger partial charge is 0.260 e. The molecule has 0 unspecified atom stereocenters. The highest BCUT2D eigenvalue weighted by molar-refractivity contribution is 7.89. The van der Waals surface area contributed by atoms with E-state index in [1.54, 1.807) is 12.1 Å². The van der Waals surface area contributed by atoms with Crippen molar-refractivity contribution in [3.8, 4) is 0 Å². The fourth-order valence-electron chi connectivity index (χ4n) is 1.51. The van der Waals surface area contributed by atoms with Crippen LogP contribution in [0.3, 0.4) is 0 Å². The van der Waals surface area contributed by atoms with Gasteiger partial charge in [-0.1, -0.05) is 0 Å². The third kappa shape index (κ3) is 5.66. The van der Waals surface area contributed by atoms with Crippen molar-refractivity contribution in [3.63, 3.8) is 0 Å². The van der Waals surface area contributed by atoms with E-state index in [4.69, 9.17) is 4.74 Å². The van der Waals surface area contributed by atoms with Gasteiger partial charge in [-0.2, -0.15) is 0 Å². The summed E-state index contributed by atoms with van der Waals surface area (Å²) in [6.45, 7) is 2.74. The number of hydrogen-bond donors (Lipinski definition) is 3. The number of rotatable bonds is 9. The molecule has 1 amide bonds. The van der Waals surface area contributed by atoms with E-state index < -0.39 is 15.9 Å². The molecule has 0 aliphatic carbocycles. The molecule has 0 aromatic carbocycles. The van der Waals surface area contributed by atoms with Crippen molar-refractivity contribution < 1.29 is 17.9 Å². The van der Waals surface area contributed by atoms with Crippen molar-refractivity contribution in [1.82, 2.24) is 15.0 Å². The minimum atomic E-state index is -3.85. The van der Waals surface area contributed by atoms with Gasteiger partial charge in [0.1, 0.15) is 0 Å². The third-order valence-corrected chi connectivity index (χ3v) is 3.80. The molecule has 1 rings (SSSR count). The van der Waals surface area contributed by atoms with Crippen molar-refractivity contribution in [3.05, 3.63) is 18.3 Å². The van der Waals surface area contributed by atoms with Gasteiger partial charge in [0.05, 0.1) is 18.8 Å². The SMILES string of the molecule is CCNc1cccnc1S(=O)(=O)NCC(=O)NCCOC. The Labute approximate surface area is 124 Å². The van der Waals surface area contributed by atoms with Crippen LogP contribution in [0, 0.1) is 0 Å². The van der Waals surface area contributed by atoms with Crippen LogP contribution in [0.2, 0.25) is 0 Å². The second-order valence-corrected chi connectivity index (χ2v) is 5.74. The first kappa shape index (κ1) is 17.3. The Morgan fingerprint density at radius 3 is 2.86 bits per heavy atom. The summed E-state index contributed by atoms with van der Waals surface area (Å²) in [5, 5.41) is 5.31.